The van der Waals surface area contributed by atoms with Crippen LogP contribution in [0.25, 0.3) is 0 Å². The zero-order chi connectivity index (χ0) is 16.1. The number of pyridine rings is 1. The first-order chi connectivity index (χ1) is 11.2. The van der Waals surface area contributed by atoms with Crippen molar-refractivity contribution in [2.24, 2.45) is 0 Å². The molecule has 1 aromatic heterocycles. The van der Waals surface area contributed by atoms with Crippen LogP contribution in [-0.4, -0.2) is 40.4 Å². The Balaban J connectivity index is 1.67. The highest BCUT2D eigenvalue weighted by Crippen LogP contribution is 2.29. The van der Waals surface area contributed by atoms with E-state index < -0.39 is 0 Å². The van der Waals surface area contributed by atoms with Gasteiger partial charge in [-0.1, -0.05) is 41.9 Å². The zero-order valence-electron chi connectivity index (χ0n) is 12.6. The maximum absolute atomic E-state index is 12.4. The van der Waals surface area contributed by atoms with E-state index in [0.717, 1.165) is 18.1 Å². The molecule has 1 saturated heterocycles. The monoisotopic (exact) mass is 347 g/mol. The molecule has 0 radical (unpaired) electrons. The molecule has 0 bridgehead atoms. The lowest BCUT2D eigenvalue weighted by molar-refractivity contribution is -0.117. The summed E-state index contributed by atoms with van der Waals surface area (Å²) in [7, 11) is 0. The van der Waals surface area contributed by atoms with Gasteiger partial charge in [0.15, 0.2) is 5.15 Å². The van der Waals surface area contributed by atoms with Crippen LogP contribution in [0.2, 0.25) is 5.15 Å². The number of anilines is 1. The van der Waals surface area contributed by atoms with Gasteiger partial charge < -0.3 is 5.32 Å². The van der Waals surface area contributed by atoms with Crippen molar-refractivity contribution in [1.82, 2.24) is 9.88 Å². The van der Waals surface area contributed by atoms with Gasteiger partial charge in [0.05, 0.1) is 12.2 Å². The maximum Gasteiger partial charge on any atom is 0.238 e. The van der Waals surface area contributed by atoms with Gasteiger partial charge in [-0.05, 0) is 17.7 Å². The number of carbonyl (C=O) groups is 1. The van der Waals surface area contributed by atoms with E-state index in [1.807, 2.05) is 30.0 Å². The molecular formula is C17H18ClN3OS. The van der Waals surface area contributed by atoms with E-state index in [1.54, 1.807) is 18.3 Å². The van der Waals surface area contributed by atoms with E-state index in [1.165, 1.54) is 5.56 Å². The Morgan fingerprint density at radius 2 is 2.13 bits per heavy atom. The minimum Gasteiger partial charge on any atom is -0.322 e. The molecule has 4 nitrogen and oxygen atoms in total. The first-order valence-corrected chi connectivity index (χ1v) is 9.04. The first-order valence-electron chi connectivity index (χ1n) is 7.51. The first kappa shape index (κ1) is 16.3. The smallest absolute Gasteiger partial charge is 0.238 e. The summed E-state index contributed by atoms with van der Waals surface area (Å²) < 4.78 is 0. The number of benzene rings is 1. The van der Waals surface area contributed by atoms with Gasteiger partial charge in [-0.25, -0.2) is 4.98 Å². The second kappa shape index (κ2) is 7.81. The van der Waals surface area contributed by atoms with Crippen molar-refractivity contribution >= 4 is 35.0 Å². The Morgan fingerprint density at radius 3 is 2.91 bits per heavy atom. The van der Waals surface area contributed by atoms with Crippen molar-refractivity contribution in [3.05, 3.63) is 59.4 Å². The number of thioether (sulfide) groups is 1. The second-order valence-corrected chi connectivity index (χ2v) is 6.87. The normalized spacial score (nSPS) is 18.6. The molecule has 1 fully saturated rings. The van der Waals surface area contributed by atoms with Crippen LogP contribution in [0.1, 0.15) is 11.6 Å². The highest BCUT2D eigenvalue weighted by molar-refractivity contribution is 7.99. The molecule has 1 aromatic carbocycles. The van der Waals surface area contributed by atoms with E-state index in [-0.39, 0.29) is 11.9 Å². The third-order valence-electron chi connectivity index (χ3n) is 3.80. The fraction of sp³-hybridized carbons (Fsp3) is 0.294. The Hall–Kier alpha value is -1.56. The predicted molar refractivity (Wildman–Crippen MR) is 96.0 cm³/mol. The number of aromatic nitrogens is 1. The Bertz CT molecular complexity index is 668. The van der Waals surface area contributed by atoms with Crippen LogP contribution < -0.4 is 5.32 Å². The molecule has 1 aliphatic rings. The highest BCUT2D eigenvalue weighted by Gasteiger charge is 2.26. The lowest BCUT2D eigenvalue weighted by atomic mass is 10.1. The molecule has 120 valence electrons. The molecule has 2 heterocycles. The summed E-state index contributed by atoms with van der Waals surface area (Å²) in [4.78, 5) is 18.6. The number of hydrogen-bond donors (Lipinski definition) is 1. The number of hydrogen-bond acceptors (Lipinski definition) is 4. The van der Waals surface area contributed by atoms with E-state index in [2.05, 4.69) is 27.3 Å². The Kier molecular flexibility index (Phi) is 5.54. The van der Waals surface area contributed by atoms with Crippen LogP contribution in [0, 0.1) is 0 Å². The molecule has 1 amide bonds. The third kappa shape index (κ3) is 4.25. The topological polar surface area (TPSA) is 45.2 Å². The van der Waals surface area contributed by atoms with Gasteiger partial charge >= 0.3 is 0 Å². The molecule has 0 spiro atoms. The number of halogens is 1. The van der Waals surface area contributed by atoms with E-state index in [0.29, 0.717) is 17.4 Å². The minimum atomic E-state index is -0.0623. The number of nitrogens with one attached hydrogen (secondary N) is 1. The summed E-state index contributed by atoms with van der Waals surface area (Å²) in [5.74, 6) is 1.99. The summed E-state index contributed by atoms with van der Waals surface area (Å²) in [6.07, 6.45) is 1.60. The van der Waals surface area contributed by atoms with Gasteiger partial charge in [0.2, 0.25) is 5.91 Å². The molecule has 6 heteroatoms. The number of nitrogens with zero attached hydrogens (tertiary/aromatic N) is 2. The lowest BCUT2D eigenvalue weighted by Gasteiger charge is -2.35. The van der Waals surface area contributed by atoms with Crippen molar-refractivity contribution in [3.63, 3.8) is 0 Å². The fourth-order valence-corrected chi connectivity index (χ4v) is 3.99. The van der Waals surface area contributed by atoms with Crippen LogP contribution in [0.3, 0.4) is 0 Å². The van der Waals surface area contributed by atoms with Crippen LogP contribution in [-0.2, 0) is 4.79 Å². The molecule has 0 saturated carbocycles. The molecular weight excluding hydrogens is 330 g/mol. The lowest BCUT2D eigenvalue weighted by Crippen LogP contribution is -2.41. The molecule has 1 aliphatic heterocycles. The van der Waals surface area contributed by atoms with Gasteiger partial charge in [0.1, 0.15) is 0 Å². The van der Waals surface area contributed by atoms with Gasteiger partial charge in [0.25, 0.3) is 0 Å². The van der Waals surface area contributed by atoms with Gasteiger partial charge in [-0.2, -0.15) is 11.8 Å². The fourth-order valence-electron chi connectivity index (χ4n) is 2.66. The summed E-state index contributed by atoms with van der Waals surface area (Å²) in [5.41, 5.74) is 1.81. The summed E-state index contributed by atoms with van der Waals surface area (Å²) in [6, 6.07) is 14.1. The van der Waals surface area contributed by atoms with Gasteiger partial charge in [0, 0.05) is 30.3 Å². The molecule has 1 atom stereocenters. The zero-order valence-corrected chi connectivity index (χ0v) is 14.2. The highest BCUT2D eigenvalue weighted by atomic mass is 35.5. The number of amides is 1. The standard InChI is InChI=1S/C17H18ClN3OS/c18-17-14(7-4-8-19-17)20-16(22)11-21-9-10-23-12-15(21)13-5-2-1-3-6-13/h1-8,15H,9-12H2,(H,20,22). The quantitative estimate of drug-likeness (QED) is 0.860. The van der Waals surface area contributed by atoms with Crippen molar-refractivity contribution in [1.29, 1.82) is 0 Å². The van der Waals surface area contributed by atoms with Gasteiger partial charge in [-0.15, -0.1) is 0 Å². The summed E-state index contributed by atoms with van der Waals surface area (Å²) in [6.45, 7) is 1.25. The SMILES string of the molecule is O=C(CN1CCSCC1c1ccccc1)Nc1cccnc1Cl. The van der Waals surface area contributed by atoms with Crippen molar-refractivity contribution in [3.8, 4) is 0 Å². The van der Waals surface area contributed by atoms with Crippen LogP contribution in [0.4, 0.5) is 5.69 Å². The predicted octanol–water partition coefficient (Wildman–Crippen LogP) is 3.46. The number of carbonyl (C=O) groups excluding carboxylic acids is 1. The molecule has 23 heavy (non-hydrogen) atoms. The van der Waals surface area contributed by atoms with E-state index in [4.69, 9.17) is 11.6 Å². The second-order valence-electron chi connectivity index (χ2n) is 5.36. The van der Waals surface area contributed by atoms with Gasteiger partial charge in [-0.3, -0.25) is 9.69 Å². The van der Waals surface area contributed by atoms with Crippen LogP contribution in [0.15, 0.2) is 48.7 Å². The van der Waals surface area contributed by atoms with Crippen molar-refractivity contribution in [2.75, 3.05) is 29.9 Å². The molecule has 3 rings (SSSR count). The Labute approximate surface area is 145 Å². The summed E-state index contributed by atoms with van der Waals surface area (Å²) in [5, 5.41) is 3.16. The minimum absolute atomic E-state index is 0.0623. The van der Waals surface area contributed by atoms with E-state index >= 15 is 0 Å². The maximum atomic E-state index is 12.4. The third-order valence-corrected chi connectivity index (χ3v) is 5.13. The Morgan fingerprint density at radius 1 is 1.30 bits per heavy atom. The number of rotatable bonds is 4. The molecule has 2 aromatic rings. The van der Waals surface area contributed by atoms with E-state index in [9.17, 15) is 4.79 Å². The molecule has 0 aliphatic carbocycles. The van der Waals surface area contributed by atoms with Crippen molar-refractivity contribution in [2.45, 2.75) is 6.04 Å². The van der Waals surface area contributed by atoms with Crippen LogP contribution in [0.5, 0.6) is 0 Å². The summed E-state index contributed by atoms with van der Waals surface area (Å²) >= 11 is 7.92. The molecule has 1 N–H and O–H groups in total. The average Bonchev–Trinajstić information content (AvgIpc) is 2.58. The average molecular weight is 348 g/mol. The van der Waals surface area contributed by atoms with Crippen LogP contribution >= 0.6 is 23.4 Å². The largest absolute Gasteiger partial charge is 0.322 e. The molecule has 1 unspecified atom stereocenters. The van der Waals surface area contributed by atoms with Crippen molar-refractivity contribution < 1.29 is 4.79 Å².